The van der Waals surface area contributed by atoms with Crippen LogP contribution in [0.15, 0.2) is 0 Å². The second-order valence-corrected chi connectivity index (χ2v) is 4.05. The van der Waals surface area contributed by atoms with Crippen molar-refractivity contribution in [1.82, 2.24) is 0 Å². The van der Waals surface area contributed by atoms with Crippen molar-refractivity contribution in [2.24, 2.45) is 0 Å². The highest BCUT2D eigenvalue weighted by Crippen LogP contribution is 2.07. The van der Waals surface area contributed by atoms with Gasteiger partial charge in [0, 0.05) is 20.5 Å². The summed E-state index contributed by atoms with van der Waals surface area (Å²) in [6, 6.07) is 0. The zero-order valence-corrected chi connectivity index (χ0v) is 12.1. The zero-order chi connectivity index (χ0) is 15.7. The average molecular weight is 280 g/mol. The molecule has 0 aromatic carbocycles. The third-order valence-corrected chi connectivity index (χ3v) is 1.84. The van der Waals surface area contributed by atoms with Gasteiger partial charge in [-0.15, -0.1) is 0 Å². The standard InChI is InChI=1S/C9H20O2.2C2H4O2/c1-2-3-4-6-9(11)7-5-8-10;2*1-2(3)4/h9-11H,2-8H2,1H3;2*1H3,(H,3,4). The number of unbranched alkanes of at least 4 members (excludes halogenated alkanes) is 2. The molecule has 0 rings (SSSR count). The second-order valence-electron chi connectivity index (χ2n) is 4.05. The van der Waals surface area contributed by atoms with E-state index in [1.165, 1.54) is 12.8 Å². The van der Waals surface area contributed by atoms with E-state index in [1.807, 2.05) is 0 Å². The van der Waals surface area contributed by atoms with Crippen molar-refractivity contribution >= 4 is 11.9 Å². The average Bonchev–Trinajstić information content (AvgIpc) is 2.25. The van der Waals surface area contributed by atoms with Crippen LogP contribution in [0, 0.1) is 0 Å². The predicted molar refractivity (Wildman–Crippen MR) is 73.1 cm³/mol. The van der Waals surface area contributed by atoms with Crippen molar-refractivity contribution in [3.05, 3.63) is 0 Å². The topological polar surface area (TPSA) is 115 Å². The molecular weight excluding hydrogens is 252 g/mol. The van der Waals surface area contributed by atoms with Gasteiger partial charge in [0.05, 0.1) is 6.10 Å². The molecule has 0 aromatic heterocycles. The van der Waals surface area contributed by atoms with Crippen molar-refractivity contribution in [2.45, 2.75) is 65.4 Å². The molecule has 6 heteroatoms. The van der Waals surface area contributed by atoms with E-state index in [2.05, 4.69) is 6.92 Å². The van der Waals surface area contributed by atoms with Crippen LogP contribution in [0.1, 0.15) is 59.3 Å². The van der Waals surface area contributed by atoms with Gasteiger partial charge in [-0.1, -0.05) is 26.2 Å². The third kappa shape index (κ3) is 60.3. The number of carboxylic acid groups (broad SMARTS) is 2. The minimum Gasteiger partial charge on any atom is -0.481 e. The lowest BCUT2D eigenvalue weighted by atomic mass is 10.1. The van der Waals surface area contributed by atoms with Crippen LogP contribution >= 0.6 is 0 Å². The largest absolute Gasteiger partial charge is 0.481 e. The van der Waals surface area contributed by atoms with Crippen LogP contribution in [0.2, 0.25) is 0 Å². The third-order valence-electron chi connectivity index (χ3n) is 1.84. The van der Waals surface area contributed by atoms with E-state index in [4.69, 9.17) is 24.9 Å². The van der Waals surface area contributed by atoms with E-state index in [1.54, 1.807) is 0 Å². The Kier molecular flexibility index (Phi) is 23.2. The lowest BCUT2D eigenvalue weighted by Gasteiger charge is -2.07. The summed E-state index contributed by atoms with van der Waals surface area (Å²) in [6.45, 7) is 4.52. The first-order valence-corrected chi connectivity index (χ1v) is 6.45. The Morgan fingerprint density at radius 2 is 1.32 bits per heavy atom. The fourth-order valence-corrected chi connectivity index (χ4v) is 1.10. The maximum atomic E-state index is 9.30. The van der Waals surface area contributed by atoms with Crippen LogP contribution < -0.4 is 0 Å². The van der Waals surface area contributed by atoms with Crippen molar-refractivity contribution in [1.29, 1.82) is 0 Å². The number of aliphatic carboxylic acids is 2. The molecule has 0 amide bonds. The van der Waals surface area contributed by atoms with E-state index < -0.39 is 11.9 Å². The Labute approximate surface area is 115 Å². The quantitative estimate of drug-likeness (QED) is 0.529. The monoisotopic (exact) mass is 280 g/mol. The summed E-state index contributed by atoms with van der Waals surface area (Å²) in [5.74, 6) is -1.67. The van der Waals surface area contributed by atoms with Crippen molar-refractivity contribution < 1.29 is 30.0 Å². The van der Waals surface area contributed by atoms with Gasteiger partial charge in [0.1, 0.15) is 0 Å². The minimum absolute atomic E-state index is 0.186. The number of hydrogen-bond donors (Lipinski definition) is 4. The Balaban J connectivity index is -0.000000264. The Morgan fingerprint density at radius 3 is 1.63 bits per heavy atom. The van der Waals surface area contributed by atoms with Crippen LogP contribution in [-0.2, 0) is 9.59 Å². The molecule has 6 nitrogen and oxygen atoms in total. The number of carbonyl (C=O) groups is 2. The molecule has 116 valence electrons. The van der Waals surface area contributed by atoms with Crippen LogP contribution in [0.5, 0.6) is 0 Å². The first-order valence-electron chi connectivity index (χ1n) is 6.45. The van der Waals surface area contributed by atoms with E-state index in [-0.39, 0.29) is 12.7 Å². The summed E-state index contributed by atoms with van der Waals surface area (Å²) >= 11 is 0. The normalized spacial score (nSPS) is 10.4. The SMILES string of the molecule is CC(=O)O.CC(=O)O.CCCCCC(O)CCCO. The van der Waals surface area contributed by atoms with Gasteiger partial charge in [-0.25, -0.2) is 0 Å². The molecule has 19 heavy (non-hydrogen) atoms. The van der Waals surface area contributed by atoms with Crippen LogP contribution in [-0.4, -0.2) is 45.1 Å². The molecule has 0 spiro atoms. The summed E-state index contributed by atoms with van der Waals surface area (Å²) in [5, 5.41) is 32.6. The van der Waals surface area contributed by atoms with Crippen LogP contribution in [0.25, 0.3) is 0 Å². The summed E-state index contributed by atoms with van der Waals surface area (Å²) < 4.78 is 0. The molecule has 0 bridgehead atoms. The molecule has 0 saturated heterocycles. The smallest absolute Gasteiger partial charge is 0.300 e. The molecule has 0 saturated carbocycles. The van der Waals surface area contributed by atoms with Crippen molar-refractivity contribution in [3.8, 4) is 0 Å². The van der Waals surface area contributed by atoms with Gasteiger partial charge >= 0.3 is 0 Å². The summed E-state index contributed by atoms with van der Waals surface area (Å²) in [7, 11) is 0. The van der Waals surface area contributed by atoms with E-state index in [0.717, 1.165) is 39.5 Å². The molecule has 0 aliphatic rings. The zero-order valence-electron chi connectivity index (χ0n) is 12.1. The molecule has 1 atom stereocenters. The predicted octanol–water partition coefficient (Wildman–Crippen LogP) is 1.88. The van der Waals surface area contributed by atoms with Crippen LogP contribution in [0.4, 0.5) is 0 Å². The highest BCUT2D eigenvalue weighted by atomic mass is 16.4. The van der Waals surface area contributed by atoms with E-state index in [9.17, 15) is 5.11 Å². The van der Waals surface area contributed by atoms with Gasteiger partial charge in [0.25, 0.3) is 11.9 Å². The molecule has 0 radical (unpaired) electrons. The number of carboxylic acids is 2. The van der Waals surface area contributed by atoms with Crippen molar-refractivity contribution in [2.75, 3.05) is 6.61 Å². The Hall–Kier alpha value is -1.14. The minimum atomic E-state index is -0.833. The maximum absolute atomic E-state index is 9.30. The number of rotatable bonds is 7. The molecular formula is C13H28O6. The molecule has 0 fully saturated rings. The number of hydrogen-bond acceptors (Lipinski definition) is 4. The number of aliphatic hydroxyl groups excluding tert-OH is 2. The number of aliphatic hydroxyl groups is 2. The molecule has 0 aromatic rings. The maximum Gasteiger partial charge on any atom is 0.300 e. The molecule has 1 unspecified atom stereocenters. The van der Waals surface area contributed by atoms with Gasteiger partial charge in [0.15, 0.2) is 0 Å². The van der Waals surface area contributed by atoms with Gasteiger partial charge in [0.2, 0.25) is 0 Å². The van der Waals surface area contributed by atoms with Gasteiger partial charge in [-0.2, -0.15) is 0 Å². The summed E-state index contributed by atoms with van der Waals surface area (Å²) in [6.07, 6.45) is 5.71. The summed E-state index contributed by atoms with van der Waals surface area (Å²) in [5.41, 5.74) is 0. The lowest BCUT2D eigenvalue weighted by molar-refractivity contribution is -0.135. The van der Waals surface area contributed by atoms with Gasteiger partial charge in [-0.3, -0.25) is 9.59 Å². The first-order chi connectivity index (χ1) is 8.77. The fraction of sp³-hybridized carbons (Fsp3) is 0.846. The van der Waals surface area contributed by atoms with Crippen molar-refractivity contribution in [3.63, 3.8) is 0 Å². The summed E-state index contributed by atoms with van der Waals surface area (Å²) in [4.78, 5) is 18.0. The molecule has 4 N–H and O–H groups in total. The van der Waals surface area contributed by atoms with Gasteiger partial charge < -0.3 is 20.4 Å². The lowest BCUT2D eigenvalue weighted by Crippen LogP contribution is -2.06. The first kappa shape index (κ1) is 23.0. The van der Waals surface area contributed by atoms with Gasteiger partial charge in [-0.05, 0) is 19.3 Å². The molecule has 0 aliphatic heterocycles. The fourth-order valence-electron chi connectivity index (χ4n) is 1.10. The Morgan fingerprint density at radius 1 is 0.947 bits per heavy atom. The van der Waals surface area contributed by atoms with E-state index >= 15 is 0 Å². The second kappa shape index (κ2) is 19.2. The highest BCUT2D eigenvalue weighted by Gasteiger charge is 2.01. The van der Waals surface area contributed by atoms with E-state index in [0.29, 0.717) is 0 Å². The highest BCUT2D eigenvalue weighted by molar-refractivity contribution is 5.63. The van der Waals surface area contributed by atoms with Crippen LogP contribution in [0.3, 0.4) is 0 Å². The molecule has 0 heterocycles. The Bertz CT molecular complexity index is 185. The molecule has 0 aliphatic carbocycles.